The van der Waals surface area contributed by atoms with Crippen molar-refractivity contribution in [2.75, 3.05) is 0 Å². The van der Waals surface area contributed by atoms with Crippen LogP contribution in [-0.2, 0) is 7.05 Å². The number of carboxylic acids is 1. The minimum Gasteiger partial charge on any atom is -0.475 e. The fourth-order valence-corrected chi connectivity index (χ4v) is 1.78. The largest absolute Gasteiger partial charge is 0.475 e. The molecule has 2 heterocycles. The fourth-order valence-electron chi connectivity index (χ4n) is 1.78. The first-order valence-corrected chi connectivity index (χ1v) is 5.16. The van der Waals surface area contributed by atoms with E-state index in [0.29, 0.717) is 5.69 Å². The van der Waals surface area contributed by atoms with Crippen LogP contribution in [-0.4, -0.2) is 31.0 Å². The lowest BCUT2D eigenvalue weighted by Gasteiger charge is -1.90. The van der Waals surface area contributed by atoms with Gasteiger partial charge < -0.3 is 9.63 Å². The van der Waals surface area contributed by atoms with Gasteiger partial charge in [-0.15, -0.1) is 0 Å². The Morgan fingerprint density at radius 2 is 2.17 bits per heavy atom. The van der Waals surface area contributed by atoms with Crippen molar-refractivity contribution in [1.29, 1.82) is 0 Å². The Morgan fingerprint density at radius 3 is 2.89 bits per heavy atom. The maximum atomic E-state index is 10.7. The zero-order valence-corrected chi connectivity index (χ0v) is 9.36. The summed E-state index contributed by atoms with van der Waals surface area (Å²) in [6.07, 6.45) is 0. The molecule has 0 unspecified atom stereocenters. The highest BCUT2D eigenvalue weighted by Gasteiger charge is 2.19. The third-order valence-electron chi connectivity index (χ3n) is 2.58. The molecule has 7 nitrogen and oxygen atoms in total. The van der Waals surface area contributed by atoms with Gasteiger partial charge in [0.05, 0.1) is 5.52 Å². The van der Waals surface area contributed by atoms with Gasteiger partial charge in [0.2, 0.25) is 0 Å². The molecule has 18 heavy (non-hydrogen) atoms. The van der Waals surface area contributed by atoms with E-state index in [-0.39, 0.29) is 11.7 Å². The summed E-state index contributed by atoms with van der Waals surface area (Å²) in [4.78, 5) is 14.5. The number of hydrogen-bond acceptors (Lipinski definition) is 5. The molecule has 0 atom stereocenters. The SMILES string of the molecule is Cn1nc(-c2nc(C(=O)O)no2)c2ccccc21. The number of aryl methyl sites for hydroxylation is 1. The number of aromatic nitrogens is 4. The minimum atomic E-state index is -1.23. The molecule has 3 rings (SSSR count). The number of benzene rings is 1. The molecule has 0 bridgehead atoms. The minimum absolute atomic E-state index is 0.101. The third kappa shape index (κ3) is 1.45. The molecule has 0 saturated carbocycles. The van der Waals surface area contributed by atoms with Crippen LogP contribution in [0.15, 0.2) is 28.8 Å². The molecule has 0 spiro atoms. The van der Waals surface area contributed by atoms with Crippen molar-refractivity contribution in [2.45, 2.75) is 0 Å². The molecule has 90 valence electrons. The van der Waals surface area contributed by atoms with Gasteiger partial charge in [-0.25, -0.2) is 4.79 Å². The molecule has 1 N–H and O–H groups in total. The van der Waals surface area contributed by atoms with Gasteiger partial charge in [-0.05, 0) is 11.2 Å². The Hall–Kier alpha value is -2.70. The van der Waals surface area contributed by atoms with E-state index in [1.54, 1.807) is 11.7 Å². The van der Waals surface area contributed by atoms with Gasteiger partial charge in [0.15, 0.2) is 5.69 Å². The van der Waals surface area contributed by atoms with Gasteiger partial charge in [0.1, 0.15) is 0 Å². The van der Waals surface area contributed by atoms with Crippen LogP contribution in [0.4, 0.5) is 0 Å². The summed E-state index contributed by atoms with van der Waals surface area (Å²) >= 11 is 0. The van der Waals surface area contributed by atoms with Crippen LogP contribution < -0.4 is 0 Å². The first-order chi connectivity index (χ1) is 8.66. The Labute approximate surface area is 101 Å². The first-order valence-electron chi connectivity index (χ1n) is 5.16. The molecular formula is C11H8N4O3. The zero-order chi connectivity index (χ0) is 12.7. The van der Waals surface area contributed by atoms with E-state index >= 15 is 0 Å². The van der Waals surface area contributed by atoms with Crippen molar-refractivity contribution in [3.8, 4) is 11.6 Å². The molecule has 0 radical (unpaired) electrons. The summed E-state index contributed by atoms with van der Waals surface area (Å²) in [5, 5.41) is 17.2. The van der Waals surface area contributed by atoms with Crippen LogP contribution in [0.3, 0.4) is 0 Å². The van der Waals surface area contributed by atoms with Crippen molar-refractivity contribution < 1.29 is 14.4 Å². The third-order valence-corrected chi connectivity index (χ3v) is 2.58. The lowest BCUT2D eigenvalue weighted by molar-refractivity contribution is 0.0680. The van der Waals surface area contributed by atoms with Gasteiger partial charge in [-0.2, -0.15) is 10.1 Å². The quantitative estimate of drug-likeness (QED) is 0.730. The molecule has 0 saturated heterocycles. The molecule has 0 amide bonds. The van der Waals surface area contributed by atoms with Crippen LogP contribution in [0.2, 0.25) is 0 Å². The summed E-state index contributed by atoms with van der Waals surface area (Å²) in [6.45, 7) is 0. The highest BCUT2D eigenvalue weighted by Crippen LogP contribution is 2.25. The van der Waals surface area contributed by atoms with Crippen LogP contribution in [0, 0.1) is 0 Å². The molecule has 1 aromatic carbocycles. The molecule has 2 aromatic heterocycles. The zero-order valence-electron chi connectivity index (χ0n) is 9.36. The molecule has 0 fully saturated rings. The Bertz CT molecular complexity index is 744. The average Bonchev–Trinajstić information content (AvgIpc) is 2.95. The van der Waals surface area contributed by atoms with E-state index in [1.807, 2.05) is 24.3 Å². The van der Waals surface area contributed by atoms with Crippen molar-refractivity contribution in [2.24, 2.45) is 7.05 Å². The van der Waals surface area contributed by atoms with Crippen molar-refractivity contribution in [3.05, 3.63) is 30.1 Å². The van der Waals surface area contributed by atoms with E-state index in [9.17, 15) is 4.79 Å². The molecule has 0 aliphatic rings. The molecule has 0 aliphatic heterocycles. The summed E-state index contributed by atoms with van der Waals surface area (Å²) < 4.78 is 6.59. The predicted molar refractivity (Wildman–Crippen MR) is 61.0 cm³/mol. The molecule has 3 aromatic rings. The first kappa shape index (κ1) is 10.5. The van der Waals surface area contributed by atoms with Gasteiger partial charge in [-0.3, -0.25) is 4.68 Å². The monoisotopic (exact) mass is 244 g/mol. The van der Waals surface area contributed by atoms with Crippen molar-refractivity contribution in [3.63, 3.8) is 0 Å². The van der Waals surface area contributed by atoms with Crippen LogP contribution >= 0.6 is 0 Å². The summed E-state index contributed by atoms with van der Waals surface area (Å²) in [7, 11) is 1.79. The van der Waals surface area contributed by atoms with Crippen molar-refractivity contribution >= 4 is 16.9 Å². The summed E-state index contributed by atoms with van der Waals surface area (Å²) in [6, 6.07) is 7.52. The predicted octanol–water partition coefficient (Wildman–Crippen LogP) is 1.32. The van der Waals surface area contributed by atoms with E-state index in [1.165, 1.54) is 0 Å². The standard InChI is InChI=1S/C11H8N4O3/c1-15-7-5-3-2-4-6(7)8(13-15)10-12-9(11(16)17)14-18-10/h2-5H,1H3,(H,16,17). The Morgan fingerprint density at radius 1 is 1.39 bits per heavy atom. The maximum Gasteiger partial charge on any atom is 0.377 e. The van der Waals surface area contributed by atoms with E-state index in [2.05, 4.69) is 15.2 Å². The van der Waals surface area contributed by atoms with Crippen molar-refractivity contribution in [1.82, 2.24) is 19.9 Å². The van der Waals surface area contributed by atoms with Crippen LogP contribution in [0.25, 0.3) is 22.5 Å². The van der Waals surface area contributed by atoms with Crippen LogP contribution in [0.1, 0.15) is 10.6 Å². The molecule has 7 heteroatoms. The highest BCUT2D eigenvalue weighted by molar-refractivity contribution is 5.91. The average molecular weight is 244 g/mol. The fraction of sp³-hybridized carbons (Fsp3) is 0.0909. The maximum absolute atomic E-state index is 10.7. The molecule has 0 aliphatic carbocycles. The number of rotatable bonds is 2. The Balaban J connectivity index is 2.22. The number of carbonyl (C=O) groups is 1. The highest BCUT2D eigenvalue weighted by atomic mass is 16.5. The number of fused-ring (bicyclic) bond motifs is 1. The van der Waals surface area contributed by atoms with Crippen LogP contribution in [0.5, 0.6) is 0 Å². The number of carboxylic acid groups (broad SMARTS) is 1. The van der Waals surface area contributed by atoms with E-state index in [4.69, 9.17) is 9.63 Å². The molecular weight excluding hydrogens is 236 g/mol. The smallest absolute Gasteiger partial charge is 0.377 e. The number of hydrogen-bond donors (Lipinski definition) is 1. The Kier molecular flexibility index (Phi) is 2.12. The normalized spacial score (nSPS) is 10.9. The second-order valence-electron chi connectivity index (χ2n) is 3.72. The summed E-state index contributed by atoms with van der Waals surface area (Å²) in [5.74, 6) is -1.51. The second-order valence-corrected chi connectivity index (χ2v) is 3.72. The van der Waals surface area contributed by atoms with Gasteiger partial charge in [-0.1, -0.05) is 18.2 Å². The lowest BCUT2D eigenvalue weighted by atomic mass is 10.2. The second kappa shape index (κ2) is 3.66. The van der Waals surface area contributed by atoms with E-state index < -0.39 is 5.97 Å². The van der Waals surface area contributed by atoms with Gasteiger partial charge in [0.25, 0.3) is 11.7 Å². The number of para-hydroxylation sites is 1. The topological polar surface area (TPSA) is 94.0 Å². The van der Waals surface area contributed by atoms with Gasteiger partial charge in [0, 0.05) is 12.4 Å². The van der Waals surface area contributed by atoms with E-state index in [0.717, 1.165) is 10.9 Å². The number of aromatic carboxylic acids is 1. The van der Waals surface area contributed by atoms with Gasteiger partial charge >= 0.3 is 5.97 Å². The summed E-state index contributed by atoms with van der Waals surface area (Å²) in [5.41, 5.74) is 1.38. The number of nitrogens with zero attached hydrogens (tertiary/aromatic N) is 4. The lowest BCUT2D eigenvalue weighted by Crippen LogP contribution is -1.98.